The van der Waals surface area contributed by atoms with E-state index in [1.54, 1.807) is 36.4 Å². The fourth-order valence-corrected chi connectivity index (χ4v) is 4.58. The number of ether oxygens (including phenoxy) is 2. The third-order valence-electron chi connectivity index (χ3n) is 6.36. The second-order valence-electron chi connectivity index (χ2n) is 8.82. The number of rotatable bonds is 9. The Morgan fingerprint density at radius 2 is 1.78 bits per heavy atom. The number of aliphatic hydroxyl groups excluding tert-OH is 1. The second kappa shape index (κ2) is 10.2. The lowest BCUT2D eigenvalue weighted by molar-refractivity contribution is -0.130. The Kier molecular flexibility index (Phi) is 6.68. The van der Waals surface area contributed by atoms with Crippen LogP contribution in [0.5, 0.6) is 11.5 Å². The van der Waals surface area contributed by atoms with Crippen LogP contribution in [0.4, 0.5) is 0 Å². The molecule has 1 atom stereocenters. The Labute approximate surface area is 214 Å². The predicted octanol–water partition coefficient (Wildman–Crippen LogP) is 6.01. The largest absolute Gasteiger partial charge is 0.503 e. The van der Waals surface area contributed by atoms with E-state index in [1.807, 2.05) is 49.4 Å². The summed E-state index contributed by atoms with van der Waals surface area (Å²) in [6, 6.07) is 22.8. The number of benzene rings is 3. The van der Waals surface area contributed by atoms with Crippen LogP contribution in [0.2, 0.25) is 0 Å². The van der Waals surface area contributed by atoms with Crippen molar-refractivity contribution in [2.45, 2.75) is 25.9 Å². The maximum atomic E-state index is 13.8. The van der Waals surface area contributed by atoms with Crippen molar-refractivity contribution in [3.63, 3.8) is 0 Å². The van der Waals surface area contributed by atoms with E-state index < -0.39 is 23.5 Å². The molecule has 3 aromatic carbocycles. The molecule has 0 fully saturated rings. The Morgan fingerprint density at radius 1 is 1.03 bits per heavy atom. The highest BCUT2D eigenvalue weighted by Gasteiger charge is 2.44. The summed E-state index contributed by atoms with van der Waals surface area (Å²) >= 11 is 0. The second-order valence-corrected chi connectivity index (χ2v) is 8.82. The monoisotopic (exact) mass is 497 g/mol. The molecule has 5 rings (SSSR count). The van der Waals surface area contributed by atoms with E-state index in [2.05, 4.69) is 0 Å². The Balaban J connectivity index is 1.57. The van der Waals surface area contributed by atoms with E-state index >= 15 is 0 Å². The van der Waals surface area contributed by atoms with Gasteiger partial charge in [-0.25, -0.2) is 0 Å². The molecular weight excluding hydrogens is 470 g/mol. The third-order valence-corrected chi connectivity index (χ3v) is 6.36. The number of para-hydroxylation sites is 1. The lowest BCUT2D eigenvalue weighted by Gasteiger charge is -2.27. The van der Waals surface area contributed by atoms with Gasteiger partial charge in [0.05, 0.1) is 25.3 Å². The number of amides is 1. The molecule has 2 heterocycles. The van der Waals surface area contributed by atoms with Gasteiger partial charge in [-0.1, -0.05) is 61.5 Å². The minimum Gasteiger partial charge on any atom is -0.503 e. The summed E-state index contributed by atoms with van der Waals surface area (Å²) in [4.78, 5) is 28.6. The van der Waals surface area contributed by atoms with E-state index in [1.165, 1.54) is 12.0 Å². The number of hydrogen-bond donors (Lipinski definition) is 1. The van der Waals surface area contributed by atoms with Crippen LogP contribution in [0.25, 0.3) is 11.0 Å². The highest BCUT2D eigenvalue weighted by Crippen LogP contribution is 2.41. The Morgan fingerprint density at radius 3 is 2.49 bits per heavy atom. The van der Waals surface area contributed by atoms with Crippen molar-refractivity contribution in [2.75, 3.05) is 13.7 Å². The average molecular weight is 498 g/mol. The first-order chi connectivity index (χ1) is 18.0. The van der Waals surface area contributed by atoms with Crippen molar-refractivity contribution in [2.24, 2.45) is 0 Å². The van der Waals surface area contributed by atoms with Gasteiger partial charge in [0.15, 0.2) is 22.9 Å². The van der Waals surface area contributed by atoms with Crippen LogP contribution in [0.3, 0.4) is 0 Å². The van der Waals surface area contributed by atoms with Crippen LogP contribution in [0, 0.1) is 0 Å². The summed E-state index contributed by atoms with van der Waals surface area (Å²) in [5, 5.41) is 11.7. The van der Waals surface area contributed by atoms with Crippen molar-refractivity contribution in [1.29, 1.82) is 0 Å². The number of ketones is 1. The number of carbonyl (C=O) groups is 2. The number of Topliss-reactive ketones (excluding diaryl/α,β-unsaturated/α-hetero) is 1. The van der Waals surface area contributed by atoms with Crippen LogP contribution in [-0.2, 0) is 11.3 Å². The minimum absolute atomic E-state index is 0.0170. The molecule has 1 unspecified atom stereocenters. The highest BCUT2D eigenvalue weighted by molar-refractivity contribution is 6.16. The quantitative estimate of drug-likeness (QED) is 0.285. The third kappa shape index (κ3) is 4.56. The summed E-state index contributed by atoms with van der Waals surface area (Å²) < 4.78 is 16.9. The molecule has 1 aromatic heterocycles. The first kappa shape index (κ1) is 24.2. The summed E-state index contributed by atoms with van der Waals surface area (Å²) in [5.41, 5.74) is 1.95. The molecule has 1 aliphatic rings. The summed E-state index contributed by atoms with van der Waals surface area (Å²) in [5.74, 6) is -0.557. The molecule has 7 nitrogen and oxygen atoms in total. The van der Waals surface area contributed by atoms with Crippen molar-refractivity contribution in [3.05, 3.63) is 107 Å². The van der Waals surface area contributed by atoms with E-state index in [0.717, 1.165) is 12.0 Å². The lowest BCUT2D eigenvalue weighted by atomic mass is 9.94. The van der Waals surface area contributed by atoms with E-state index in [4.69, 9.17) is 13.9 Å². The summed E-state index contributed by atoms with van der Waals surface area (Å²) in [6.07, 6.45) is 0.876. The van der Waals surface area contributed by atoms with Gasteiger partial charge in [0, 0.05) is 11.9 Å². The zero-order chi connectivity index (χ0) is 25.9. The molecule has 0 radical (unpaired) electrons. The zero-order valence-electron chi connectivity index (χ0n) is 20.6. The van der Waals surface area contributed by atoms with E-state index in [9.17, 15) is 14.7 Å². The standard InChI is InChI=1S/C30H27NO6/c1-3-16-36-22-14-12-20(13-15-22)26-25(28(33)30(34)31(26)18-19-8-5-4-6-9-19)27(32)24-17-21-10-7-11-23(35-2)29(21)37-24/h4-15,17,26,33H,3,16,18H2,1-2H3. The van der Waals surface area contributed by atoms with Gasteiger partial charge in [-0.15, -0.1) is 0 Å². The molecule has 37 heavy (non-hydrogen) atoms. The molecule has 1 amide bonds. The maximum absolute atomic E-state index is 13.8. The van der Waals surface area contributed by atoms with Crippen LogP contribution >= 0.6 is 0 Å². The van der Waals surface area contributed by atoms with Crippen LogP contribution in [-0.4, -0.2) is 35.4 Å². The Hall–Kier alpha value is -4.52. The number of furan rings is 1. The molecule has 1 N–H and O–H groups in total. The first-order valence-electron chi connectivity index (χ1n) is 12.1. The molecule has 0 aliphatic carbocycles. The molecule has 4 aromatic rings. The lowest BCUT2D eigenvalue weighted by Crippen LogP contribution is -2.30. The first-order valence-corrected chi connectivity index (χ1v) is 12.1. The molecule has 0 bridgehead atoms. The number of methoxy groups -OCH3 is 1. The van der Waals surface area contributed by atoms with Crippen LogP contribution in [0.1, 0.15) is 41.1 Å². The van der Waals surface area contributed by atoms with Gasteiger partial charge < -0.3 is 23.9 Å². The molecular formula is C30H27NO6. The van der Waals surface area contributed by atoms with Crippen LogP contribution < -0.4 is 9.47 Å². The van der Waals surface area contributed by atoms with Gasteiger partial charge in [0.1, 0.15) is 5.75 Å². The minimum atomic E-state index is -0.810. The van der Waals surface area contributed by atoms with Crippen LogP contribution in [0.15, 0.2) is 94.6 Å². The smallest absolute Gasteiger partial charge is 0.290 e. The zero-order valence-corrected chi connectivity index (χ0v) is 20.6. The molecule has 1 aliphatic heterocycles. The maximum Gasteiger partial charge on any atom is 0.290 e. The molecule has 0 spiro atoms. The van der Waals surface area contributed by atoms with Crippen molar-refractivity contribution < 1.29 is 28.6 Å². The normalized spacial score (nSPS) is 15.5. The average Bonchev–Trinajstić information content (AvgIpc) is 3.47. The van der Waals surface area contributed by atoms with Gasteiger partial charge >= 0.3 is 0 Å². The molecule has 0 saturated heterocycles. The SMILES string of the molecule is CCCOc1ccc(C2C(C(=O)c3cc4cccc(OC)c4o3)=C(O)C(=O)N2Cc2ccccc2)cc1. The van der Waals surface area contributed by atoms with Crippen molar-refractivity contribution in [3.8, 4) is 11.5 Å². The molecule has 0 saturated carbocycles. The van der Waals surface area contributed by atoms with Gasteiger partial charge in [0.2, 0.25) is 5.78 Å². The predicted molar refractivity (Wildman–Crippen MR) is 139 cm³/mol. The van der Waals surface area contributed by atoms with E-state index in [-0.39, 0.29) is 17.9 Å². The van der Waals surface area contributed by atoms with Gasteiger partial charge in [0.25, 0.3) is 5.91 Å². The number of aliphatic hydroxyl groups is 1. The number of nitrogens with zero attached hydrogens (tertiary/aromatic N) is 1. The summed E-state index contributed by atoms with van der Waals surface area (Å²) in [6.45, 7) is 2.83. The number of carbonyl (C=O) groups excluding carboxylic acids is 2. The molecule has 188 valence electrons. The van der Waals surface area contributed by atoms with Gasteiger partial charge in [-0.2, -0.15) is 0 Å². The fourth-order valence-electron chi connectivity index (χ4n) is 4.58. The molecule has 7 heteroatoms. The van der Waals surface area contributed by atoms with E-state index in [0.29, 0.717) is 34.6 Å². The topological polar surface area (TPSA) is 89.2 Å². The van der Waals surface area contributed by atoms with Crippen molar-refractivity contribution in [1.82, 2.24) is 4.90 Å². The number of fused-ring (bicyclic) bond motifs is 1. The Bertz CT molecular complexity index is 1470. The number of hydrogen-bond acceptors (Lipinski definition) is 6. The summed E-state index contributed by atoms with van der Waals surface area (Å²) in [7, 11) is 1.52. The van der Waals surface area contributed by atoms with Gasteiger partial charge in [-0.05, 0) is 41.8 Å². The van der Waals surface area contributed by atoms with Crippen molar-refractivity contribution >= 4 is 22.7 Å². The highest BCUT2D eigenvalue weighted by atomic mass is 16.5. The fraction of sp³-hybridized carbons (Fsp3) is 0.200. The van der Waals surface area contributed by atoms with Gasteiger partial charge in [-0.3, -0.25) is 9.59 Å².